The van der Waals surface area contributed by atoms with Gasteiger partial charge in [-0.1, -0.05) is 31.5 Å². The van der Waals surface area contributed by atoms with Gasteiger partial charge in [-0.3, -0.25) is 9.20 Å². The van der Waals surface area contributed by atoms with Crippen molar-refractivity contribution in [1.82, 2.24) is 9.38 Å². The van der Waals surface area contributed by atoms with E-state index in [0.717, 1.165) is 35.5 Å². The number of nitrogens with zero attached hydrogens (tertiary/aromatic N) is 2. The Morgan fingerprint density at radius 3 is 2.48 bits per heavy atom. The molecule has 0 aliphatic rings. The molecule has 1 N–H and O–H groups in total. The van der Waals surface area contributed by atoms with E-state index < -0.39 is 0 Å². The molecule has 0 bridgehead atoms. The number of carbonyl (C=O) groups excluding carboxylic acids is 1. The van der Waals surface area contributed by atoms with Crippen molar-refractivity contribution in [1.29, 1.82) is 0 Å². The number of fused-ring (bicyclic) bond motifs is 1. The van der Waals surface area contributed by atoms with Gasteiger partial charge in [0.05, 0.1) is 5.69 Å². The summed E-state index contributed by atoms with van der Waals surface area (Å²) in [5.41, 5.74) is 4.03. The molecule has 29 heavy (non-hydrogen) atoms. The number of aryl methyl sites for hydroxylation is 2. The molecule has 0 spiro atoms. The number of aromatic nitrogens is 2. The molecule has 0 aliphatic carbocycles. The van der Waals surface area contributed by atoms with E-state index in [1.807, 2.05) is 84.3 Å². The first-order chi connectivity index (χ1) is 14.1. The van der Waals surface area contributed by atoms with Crippen molar-refractivity contribution in [2.75, 3.05) is 5.32 Å². The Kier molecular flexibility index (Phi) is 5.29. The number of pyridine rings is 1. The first-order valence-electron chi connectivity index (χ1n) is 9.76. The van der Waals surface area contributed by atoms with Gasteiger partial charge >= 0.3 is 0 Å². The van der Waals surface area contributed by atoms with Gasteiger partial charge in [0.1, 0.15) is 22.8 Å². The van der Waals surface area contributed by atoms with Crippen LogP contribution in [0.15, 0.2) is 72.9 Å². The molecule has 0 unspecified atom stereocenters. The summed E-state index contributed by atoms with van der Waals surface area (Å²) in [6.07, 6.45) is 3.59. The summed E-state index contributed by atoms with van der Waals surface area (Å²) in [6, 6.07) is 20.9. The van der Waals surface area contributed by atoms with E-state index in [0.29, 0.717) is 17.1 Å². The second-order valence-corrected chi connectivity index (χ2v) is 6.98. The molecule has 0 saturated heterocycles. The second kappa shape index (κ2) is 8.19. The highest BCUT2D eigenvalue weighted by Gasteiger charge is 2.19. The van der Waals surface area contributed by atoms with Crippen LogP contribution in [0.2, 0.25) is 0 Å². The maximum atomic E-state index is 13.0. The minimum absolute atomic E-state index is 0.165. The van der Waals surface area contributed by atoms with Gasteiger partial charge in [0.2, 0.25) is 0 Å². The van der Waals surface area contributed by atoms with Crippen LogP contribution in [0.3, 0.4) is 0 Å². The molecule has 0 saturated carbocycles. The van der Waals surface area contributed by atoms with Gasteiger partial charge in [-0.2, -0.15) is 0 Å². The van der Waals surface area contributed by atoms with Crippen molar-refractivity contribution in [3.05, 3.63) is 89.9 Å². The van der Waals surface area contributed by atoms with Crippen molar-refractivity contribution in [2.24, 2.45) is 0 Å². The third-order valence-electron chi connectivity index (χ3n) is 4.65. The first-order valence-corrected chi connectivity index (χ1v) is 9.76. The fourth-order valence-electron chi connectivity index (χ4n) is 3.27. The Hall–Kier alpha value is -3.60. The van der Waals surface area contributed by atoms with Crippen molar-refractivity contribution < 1.29 is 9.53 Å². The zero-order chi connectivity index (χ0) is 20.2. The molecule has 5 heteroatoms. The maximum absolute atomic E-state index is 13.0. The van der Waals surface area contributed by atoms with E-state index in [1.54, 1.807) is 0 Å². The number of anilines is 1. The molecule has 4 aromatic rings. The molecule has 5 nitrogen and oxygen atoms in total. The standard InChI is InChI=1S/C24H23N3O2/c1-3-7-21-23(27-15-14-17(2)16-22(27)26-21)24(28)25-18-10-12-20(13-11-18)29-19-8-5-4-6-9-19/h4-6,8-16H,3,7H2,1-2H3,(H,25,28). The molecule has 4 rings (SSSR count). The van der Waals surface area contributed by atoms with Crippen molar-refractivity contribution >= 4 is 17.2 Å². The first kappa shape index (κ1) is 18.7. The summed E-state index contributed by atoms with van der Waals surface area (Å²) in [5.74, 6) is 1.32. The van der Waals surface area contributed by atoms with Gasteiger partial charge in [-0.05, 0) is 67.4 Å². The van der Waals surface area contributed by atoms with Crippen LogP contribution >= 0.6 is 0 Å². The lowest BCUT2D eigenvalue weighted by atomic mass is 10.2. The number of imidazole rings is 1. The number of hydrogen-bond acceptors (Lipinski definition) is 3. The average Bonchev–Trinajstić information content (AvgIpc) is 3.07. The number of amides is 1. The quantitative estimate of drug-likeness (QED) is 0.467. The van der Waals surface area contributed by atoms with Crippen LogP contribution in [0.25, 0.3) is 5.65 Å². The molecular weight excluding hydrogens is 362 g/mol. The van der Waals surface area contributed by atoms with Crippen LogP contribution in [0.1, 0.15) is 35.1 Å². The number of rotatable bonds is 6. The predicted molar refractivity (Wildman–Crippen MR) is 115 cm³/mol. The Bertz CT molecular complexity index is 1130. The minimum Gasteiger partial charge on any atom is -0.457 e. The molecule has 2 aromatic heterocycles. The topological polar surface area (TPSA) is 55.6 Å². The Balaban J connectivity index is 1.55. The summed E-state index contributed by atoms with van der Waals surface area (Å²) in [6.45, 7) is 4.11. The van der Waals surface area contributed by atoms with Gasteiger partial charge in [-0.25, -0.2) is 4.98 Å². The number of hydrogen-bond donors (Lipinski definition) is 1. The van der Waals surface area contributed by atoms with Gasteiger partial charge < -0.3 is 10.1 Å². The van der Waals surface area contributed by atoms with Crippen LogP contribution < -0.4 is 10.1 Å². The Labute approximate surface area is 170 Å². The highest BCUT2D eigenvalue weighted by molar-refractivity contribution is 6.04. The molecule has 0 radical (unpaired) electrons. The smallest absolute Gasteiger partial charge is 0.274 e. The summed E-state index contributed by atoms with van der Waals surface area (Å²) < 4.78 is 7.66. The van der Waals surface area contributed by atoms with Gasteiger partial charge in [0.25, 0.3) is 5.91 Å². The summed E-state index contributed by atoms with van der Waals surface area (Å²) in [5, 5.41) is 2.99. The molecule has 2 aromatic carbocycles. The van der Waals surface area contributed by atoms with Crippen LogP contribution in [0.5, 0.6) is 11.5 Å². The van der Waals surface area contributed by atoms with Crippen LogP contribution in [-0.4, -0.2) is 15.3 Å². The lowest BCUT2D eigenvalue weighted by Gasteiger charge is -2.09. The molecule has 1 amide bonds. The number of carbonyl (C=O) groups is 1. The molecule has 0 fully saturated rings. The van der Waals surface area contributed by atoms with Crippen LogP contribution in [-0.2, 0) is 6.42 Å². The Morgan fingerprint density at radius 1 is 1.03 bits per heavy atom. The van der Waals surface area contributed by atoms with E-state index in [1.165, 1.54) is 0 Å². The monoisotopic (exact) mass is 385 g/mol. The highest BCUT2D eigenvalue weighted by Crippen LogP contribution is 2.23. The zero-order valence-corrected chi connectivity index (χ0v) is 16.6. The number of benzene rings is 2. The van der Waals surface area contributed by atoms with E-state index in [2.05, 4.69) is 17.2 Å². The number of para-hydroxylation sites is 1. The predicted octanol–water partition coefficient (Wildman–Crippen LogP) is 5.64. The van der Waals surface area contributed by atoms with Crippen LogP contribution in [0, 0.1) is 6.92 Å². The van der Waals surface area contributed by atoms with Gasteiger partial charge in [0.15, 0.2) is 0 Å². The molecule has 0 atom stereocenters. The lowest BCUT2D eigenvalue weighted by molar-refractivity contribution is 0.102. The van der Waals surface area contributed by atoms with Crippen molar-refractivity contribution in [3.63, 3.8) is 0 Å². The fourth-order valence-corrected chi connectivity index (χ4v) is 3.27. The molecule has 2 heterocycles. The fraction of sp³-hybridized carbons (Fsp3) is 0.167. The minimum atomic E-state index is -0.165. The summed E-state index contributed by atoms with van der Waals surface area (Å²) in [7, 11) is 0. The molecule has 0 aliphatic heterocycles. The zero-order valence-electron chi connectivity index (χ0n) is 16.6. The number of nitrogens with one attached hydrogen (secondary N) is 1. The molecule has 146 valence electrons. The van der Waals surface area contributed by atoms with Crippen molar-refractivity contribution in [2.45, 2.75) is 26.7 Å². The average molecular weight is 385 g/mol. The summed E-state index contributed by atoms with van der Waals surface area (Å²) in [4.78, 5) is 17.7. The highest BCUT2D eigenvalue weighted by atomic mass is 16.5. The third-order valence-corrected chi connectivity index (χ3v) is 4.65. The van der Waals surface area contributed by atoms with Crippen molar-refractivity contribution in [3.8, 4) is 11.5 Å². The Morgan fingerprint density at radius 2 is 1.76 bits per heavy atom. The van der Waals surface area contributed by atoms with Gasteiger partial charge in [-0.15, -0.1) is 0 Å². The third kappa shape index (κ3) is 4.14. The summed E-state index contributed by atoms with van der Waals surface area (Å²) >= 11 is 0. The lowest BCUT2D eigenvalue weighted by Crippen LogP contribution is -2.16. The largest absolute Gasteiger partial charge is 0.457 e. The van der Waals surface area contributed by atoms with E-state index in [9.17, 15) is 4.79 Å². The van der Waals surface area contributed by atoms with E-state index in [4.69, 9.17) is 4.74 Å². The van der Waals surface area contributed by atoms with E-state index in [-0.39, 0.29) is 5.91 Å². The van der Waals surface area contributed by atoms with Crippen LogP contribution in [0.4, 0.5) is 5.69 Å². The SMILES string of the molecule is CCCc1nc2cc(C)ccn2c1C(=O)Nc1ccc(Oc2ccccc2)cc1. The van der Waals surface area contributed by atoms with E-state index >= 15 is 0 Å². The number of ether oxygens (including phenoxy) is 1. The van der Waals surface area contributed by atoms with Gasteiger partial charge in [0, 0.05) is 11.9 Å². The normalized spacial score (nSPS) is 10.8. The maximum Gasteiger partial charge on any atom is 0.274 e. The molecular formula is C24H23N3O2. The second-order valence-electron chi connectivity index (χ2n) is 6.98.